The van der Waals surface area contributed by atoms with E-state index in [1.807, 2.05) is 19.1 Å². The quantitative estimate of drug-likeness (QED) is 0.668. The molecule has 0 aliphatic rings. The second-order valence-electron chi connectivity index (χ2n) is 4.29. The molecule has 6 heteroatoms. The molecule has 1 aromatic heterocycles. The van der Waals surface area contributed by atoms with Crippen LogP contribution in [0.25, 0.3) is 0 Å². The second kappa shape index (κ2) is 6.01. The fourth-order valence-electron chi connectivity index (χ4n) is 1.90. The number of pyridine rings is 1. The third-order valence-electron chi connectivity index (χ3n) is 2.97. The van der Waals surface area contributed by atoms with Gasteiger partial charge in [-0.1, -0.05) is 0 Å². The van der Waals surface area contributed by atoms with Crippen LogP contribution in [0.4, 0.5) is 11.4 Å². The van der Waals surface area contributed by atoms with Crippen molar-refractivity contribution in [2.24, 2.45) is 0 Å². The van der Waals surface area contributed by atoms with Crippen LogP contribution in [0, 0.1) is 10.1 Å². The van der Waals surface area contributed by atoms with Crippen LogP contribution in [-0.4, -0.2) is 17.0 Å². The van der Waals surface area contributed by atoms with E-state index < -0.39 is 4.92 Å². The van der Waals surface area contributed by atoms with E-state index >= 15 is 0 Å². The van der Waals surface area contributed by atoms with Crippen LogP contribution in [0.5, 0.6) is 5.75 Å². The molecular weight excluding hydrogens is 258 g/mol. The molecule has 0 bridgehead atoms. The Bertz CT molecular complexity index is 602. The van der Waals surface area contributed by atoms with Gasteiger partial charge in [0, 0.05) is 36.3 Å². The van der Waals surface area contributed by atoms with E-state index in [-0.39, 0.29) is 17.5 Å². The molecule has 0 aliphatic carbocycles. The molecule has 1 aromatic carbocycles. The van der Waals surface area contributed by atoms with Gasteiger partial charge in [0.2, 0.25) is 0 Å². The first-order valence-electron chi connectivity index (χ1n) is 6.10. The summed E-state index contributed by atoms with van der Waals surface area (Å²) in [7, 11) is 1.42. The first kappa shape index (κ1) is 13.8. The van der Waals surface area contributed by atoms with Crippen LogP contribution >= 0.6 is 0 Å². The molecule has 1 heterocycles. The monoisotopic (exact) mass is 273 g/mol. The largest absolute Gasteiger partial charge is 0.490 e. The Morgan fingerprint density at radius 1 is 1.30 bits per heavy atom. The molecule has 0 amide bonds. The summed E-state index contributed by atoms with van der Waals surface area (Å²) in [6, 6.07) is 8.61. The van der Waals surface area contributed by atoms with Gasteiger partial charge in [0.25, 0.3) is 0 Å². The highest BCUT2D eigenvalue weighted by Crippen LogP contribution is 2.31. The summed E-state index contributed by atoms with van der Waals surface area (Å²) in [4.78, 5) is 14.3. The molecule has 0 spiro atoms. The topological polar surface area (TPSA) is 77.3 Å². The predicted molar refractivity (Wildman–Crippen MR) is 75.9 cm³/mol. The SMILES string of the molecule is COc1cc(NC(C)c2ccncc2)ccc1[N+](=O)[O-]. The van der Waals surface area contributed by atoms with Gasteiger partial charge in [-0.05, 0) is 30.7 Å². The second-order valence-corrected chi connectivity index (χ2v) is 4.29. The smallest absolute Gasteiger partial charge is 0.311 e. The third kappa shape index (κ3) is 3.03. The number of nitrogens with one attached hydrogen (secondary N) is 1. The summed E-state index contributed by atoms with van der Waals surface area (Å²) in [6.45, 7) is 2.00. The van der Waals surface area contributed by atoms with Crippen molar-refractivity contribution in [2.75, 3.05) is 12.4 Å². The number of rotatable bonds is 5. The molecule has 104 valence electrons. The van der Waals surface area contributed by atoms with Crippen molar-refractivity contribution in [2.45, 2.75) is 13.0 Å². The van der Waals surface area contributed by atoms with Crippen molar-refractivity contribution in [3.8, 4) is 5.75 Å². The lowest BCUT2D eigenvalue weighted by molar-refractivity contribution is -0.385. The van der Waals surface area contributed by atoms with E-state index in [4.69, 9.17) is 4.74 Å². The van der Waals surface area contributed by atoms with Crippen molar-refractivity contribution in [1.82, 2.24) is 4.98 Å². The van der Waals surface area contributed by atoms with Crippen LogP contribution in [0.2, 0.25) is 0 Å². The van der Waals surface area contributed by atoms with Crippen LogP contribution in [-0.2, 0) is 0 Å². The summed E-state index contributed by atoms with van der Waals surface area (Å²) in [6.07, 6.45) is 3.45. The molecule has 0 radical (unpaired) electrons. The minimum Gasteiger partial charge on any atom is -0.490 e. The average Bonchev–Trinajstić information content (AvgIpc) is 2.47. The Morgan fingerprint density at radius 2 is 2.00 bits per heavy atom. The van der Waals surface area contributed by atoms with E-state index in [2.05, 4.69) is 10.3 Å². The van der Waals surface area contributed by atoms with E-state index in [9.17, 15) is 10.1 Å². The lowest BCUT2D eigenvalue weighted by Gasteiger charge is -2.16. The maximum absolute atomic E-state index is 10.8. The van der Waals surface area contributed by atoms with Crippen molar-refractivity contribution in [3.63, 3.8) is 0 Å². The van der Waals surface area contributed by atoms with Gasteiger partial charge in [0.1, 0.15) is 0 Å². The highest BCUT2D eigenvalue weighted by atomic mass is 16.6. The fraction of sp³-hybridized carbons (Fsp3) is 0.214. The van der Waals surface area contributed by atoms with Gasteiger partial charge in [-0.15, -0.1) is 0 Å². The van der Waals surface area contributed by atoms with Crippen LogP contribution in [0.3, 0.4) is 0 Å². The van der Waals surface area contributed by atoms with Crippen LogP contribution in [0.15, 0.2) is 42.7 Å². The molecule has 1 unspecified atom stereocenters. The zero-order valence-electron chi connectivity index (χ0n) is 11.2. The lowest BCUT2D eigenvalue weighted by atomic mass is 10.1. The summed E-state index contributed by atoms with van der Waals surface area (Å²) in [5.74, 6) is 0.238. The Labute approximate surface area is 116 Å². The van der Waals surface area contributed by atoms with Crippen molar-refractivity contribution >= 4 is 11.4 Å². The maximum atomic E-state index is 10.8. The number of benzene rings is 1. The molecule has 2 aromatic rings. The maximum Gasteiger partial charge on any atom is 0.311 e. The first-order valence-corrected chi connectivity index (χ1v) is 6.10. The van der Waals surface area contributed by atoms with E-state index in [1.54, 1.807) is 24.5 Å². The molecule has 20 heavy (non-hydrogen) atoms. The fourth-order valence-corrected chi connectivity index (χ4v) is 1.90. The Kier molecular flexibility index (Phi) is 4.14. The number of methoxy groups -OCH3 is 1. The molecule has 0 aliphatic heterocycles. The average molecular weight is 273 g/mol. The zero-order valence-corrected chi connectivity index (χ0v) is 11.2. The molecule has 0 saturated heterocycles. The molecule has 6 nitrogen and oxygen atoms in total. The van der Waals surface area contributed by atoms with Crippen molar-refractivity contribution in [3.05, 3.63) is 58.4 Å². The highest BCUT2D eigenvalue weighted by molar-refractivity contribution is 5.58. The van der Waals surface area contributed by atoms with Gasteiger partial charge in [-0.2, -0.15) is 0 Å². The van der Waals surface area contributed by atoms with E-state index in [1.165, 1.54) is 13.2 Å². The number of hydrogen-bond acceptors (Lipinski definition) is 5. The van der Waals surface area contributed by atoms with Crippen molar-refractivity contribution in [1.29, 1.82) is 0 Å². The van der Waals surface area contributed by atoms with Gasteiger partial charge in [0.15, 0.2) is 5.75 Å². The number of hydrogen-bond donors (Lipinski definition) is 1. The lowest BCUT2D eigenvalue weighted by Crippen LogP contribution is -2.07. The van der Waals surface area contributed by atoms with Crippen LogP contribution < -0.4 is 10.1 Å². The molecule has 1 atom stereocenters. The number of aromatic nitrogens is 1. The van der Waals surface area contributed by atoms with Crippen molar-refractivity contribution < 1.29 is 9.66 Å². The summed E-state index contributed by atoms with van der Waals surface area (Å²) in [5, 5.41) is 14.1. The zero-order chi connectivity index (χ0) is 14.5. The van der Waals surface area contributed by atoms with E-state index in [0.29, 0.717) is 0 Å². The normalized spacial score (nSPS) is 11.7. The number of nitro groups is 1. The number of nitro benzene ring substituents is 1. The Morgan fingerprint density at radius 3 is 2.60 bits per heavy atom. The van der Waals surface area contributed by atoms with Gasteiger partial charge in [-0.25, -0.2) is 0 Å². The van der Waals surface area contributed by atoms with Crippen LogP contribution in [0.1, 0.15) is 18.5 Å². The predicted octanol–water partition coefficient (Wildman–Crippen LogP) is 3.17. The molecule has 0 fully saturated rings. The molecule has 2 rings (SSSR count). The summed E-state index contributed by atoms with van der Waals surface area (Å²) < 4.78 is 5.04. The molecular formula is C14H15N3O3. The summed E-state index contributed by atoms with van der Waals surface area (Å²) in [5.41, 5.74) is 1.80. The Hall–Kier alpha value is -2.63. The number of nitrogens with zero attached hydrogens (tertiary/aromatic N) is 2. The van der Waals surface area contributed by atoms with Gasteiger partial charge in [0.05, 0.1) is 12.0 Å². The minimum atomic E-state index is -0.463. The van der Waals surface area contributed by atoms with E-state index in [0.717, 1.165) is 11.3 Å². The Balaban J connectivity index is 2.20. The van der Waals surface area contributed by atoms with Gasteiger partial charge >= 0.3 is 5.69 Å². The number of anilines is 1. The third-order valence-corrected chi connectivity index (χ3v) is 2.97. The minimum absolute atomic E-state index is 0.0467. The molecule has 0 saturated carbocycles. The number of ether oxygens (including phenoxy) is 1. The molecule has 1 N–H and O–H groups in total. The summed E-state index contributed by atoms with van der Waals surface area (Å²) >= 11 is 0. The standard InChI is InChI=1S/C14H15N3O3/c1-10(11-5-7-15-8-6-11)16-12-3-4-13(17(18)19)14(9-12)20-2/h3-10,16H,1-2H3. The van der Waals surface area contributed by atoms with Gasteiger partial charge in [-0.3, -0.25) is 15.1 Å². The highest BCUT2D eigenvalue weighted by Gasteiger charge is 2.15. The first-order chi connectivity index (χ1) is 9.61. The van der Waals surface area contributed by atoms with Gasteiger partial charge < -0.3 is 10.1 Å².